The monoisotopic (exact) mass is 277 g/mol. The number of rotatable bonds is 0. The van der Waals surface area contributed by atoms with Gasteiger partial charge in [-0.15, -0.1) is 0 Å². The molecule has 0 aliphatic carbocycles. The fourth-order valence-corrected chi connectivity index (χ4v) is 2.28. The average Bonchev–Trinajstić information content (AvgIpc) is 2.34. The van der Waals surface area contributed by atoms with Crippen molar-refractivity contribution in [3.63, 3.8) is 0 Å². The minimum atomic E-state index is 0.810. The second kappa shape index (κ2) is 2.71. The van der Waals surface area contributed by atoms with E-state index < -0.39 is 0 Å². The maximum atomic E-state index is 4.27. The molecule has 58 valence electrons. The molecule has 0 saturated heterocycles. The van der Waals surface area contributed by atoms with Gasteiger partial charge in [-0.1, -0.05) is 0 Å². The summed E-state index contributed by atoms with van der Waals surface area (Å²) in [7, 11) is 0. The van der Waals surface area contributed by atoms with Crippen LogP contribution in [0.3, 0.4) is 0 Å². The smallest absolute Gasteiger partial charge is 0.161 e. The molecule has 0 spiro atoms. The van der Waals surface area contributed by atoms with Crippen molar-refractivity contribution >= 4 is 42.3 Å². The van der Waals surface area contributed by atoms with Gasteiger partial charge in [-0.05, 0) is 31.9 Å². The third-order valence-electron chi connectivity index (χ3n) is 1.53. The number of hydrogen-bond acceptors (Lipinski definition) is 3. The molecule has 0 aromatic rings. The molecule has 2 aliphatic heterocycles. The van der Waals surface area contributed by atoms with E-state index in [1.807, 2.05) is 6.20 Å². The van der Waals surface area contributed by atoms with Crippen LogP contribution in [-0.2, 0) is 0 Å². The topological polar surface area (TPSA) is 28.0 Å². The number of hydrogen-bond donors (Lipinski definition) is 0. The van der Waals surface area contributed by atoms with Gasteiger partial charge in [-0.25, -0.2) is 4.99 Å². The highest BCUT2D eigenvalue weighted by Gasteiger charge is 2.22. The SMILES string of the molecule is BrC1=CN2CCN=C2C(Br)=N1. The van der Waals surface area contributed by atoms with E-state index in [-0.39, 0.29) is 0 Å². The van der Waals surface area contributed by atoms with Gasteiger partial charge in [0.25, 0.3) is 0 Å². The first kappa shape index (κ1) is 7.49. The van der Waals surface area contributed by atoms with Crippen LogP contribution in [-0.4, -0.2) is 28.4 Å². The Bertz CT molecular complexity index is 280. The van der Waals surface area contributed by atoms with Gasteiger partial charge in [0.2, 0.25) is 0 Å². The van der Waals surface area contributed by atoms with Crippen LogP contribution in [0.4, 0.5) is 0 Å². The van der Waals surface area contributed by atoms with Crippen LogP contribution in [0.1, 0.15) is 0 Å². The molecule has 2 rings (SSSR count). The first-order valence-corrected chi connectivity index (χ1v) is 4.79. The summed E-state index contributed by atoms with van der Waals surface area (Å²) in [5.74, 6) is 0.938. The van der Waals surface area contributed by atoms with Gasteiger partial charge >= 0.3 is 0 Å². The molecular weight excluding hydrogens is 274 g/mol. The molecule has 0 unspecified atom stereocenters. The van der Waals surface area contributed by atoms with Crippen LogP contribution in [0.2, 0.25) is 0 Å². The van der Waals surface area contributed by atoms with Crippen molar-refractivity contribution in [2.24, 2.45) is 9.98 Å². The van der Waals surface area contributed by atoms with E-state index in [9.17, 15) is 0 Å². The number of amidine groups is 1. The maximum absolute atomic E-state index is 4.27. The van der Waals surface area contributed by atoms with Crippen LogP contribution in [0, 0.1) is 0 Å². The minimum Gasteiger partial charge on any atom is -0.326 e. The van der Waals surface area contributed by atoms with Crippen molar-refractivity contribution < 1.29 is 0 Å². The lowest BCUT2D eigenvalue weighted by molar-refractivity contribution is 0.612. The first-order valence-electron chi connectivity index (χ1n) is 3.20. The quantitative estimate of drug-likeness (QED) is 0.620. The normalized spacial score (nSPS) is 22.4. The third kappa shape index (κ3) is 1.27. The van der Waals surface area contributed by atoms with Gasteiger partial charge in [0, 0.05) is 12.7 Å². The Hall–Kier alpha value is -0.160. The fourth-order valence-electron chi connectivity index (χ4n) is 1.07. The molecule has 0 aromatic carbocycles. The molecule has 0 fully saturated rings. The Morgan fingerprint density at radius 2 is 2.27 bits per heavy atom. The summed E-state index contributed by atoms with van der Waals surface area (Å²) in [6.45, 7) is 1.81. The zero-order chi connectivity index (χ0) is 7.84. The molecule has 0 amide bonds. The van der Waals surface area contributed by atoms with Crippen molar-refractivity contribution in [2.45, 2.75) is 0 Å². The zero-order valence-corrected chi connectivity index (χ0v) is 8.76. The highest BCUT2D eigenvalue weighted by molar-refractivity contribution is 9.19. The fraction of sp³-hybridized carbons (Fsp3) is 0.333. The Morgan fingerprint density at radius 1 is 1.45 bits per heavy atom. The van der Waals surface area contributed by atoms with E-state index in [2.05, 4.69) is 46.7 Å². The second-order valence-corrected chi connectivity index (χ2v) is 3.82. The van der Waals surface area contributed by atoms with E-state index in [1.165, 1.54) is 0 Å². The zero-order valence-electron chi connectivity index (χ0n) is 5.59. The molecule has 3 nitrogen and oxygen atoms in total. The Balaban J connectivity index is 2.40. The van der Waals surface area contributed by atoms with Crippen LogP contribution in [0.5, 0.6) is 0 Å². The minimum absolute atomic E-state index is 0.810. The van der Waals surface area contributed by atoms with E-state index in [1.54, 1.807) is 0 Å². The number of halogens is 2. The van der Waals surface area contributed by atoms with E-state index in [0.717, 1.165) is 28.2 Å². The first-order chi connectivity index (χ1) is 5.27. The van der Waals surface area contributed by atoms with E-state index in [4.69, 9.17) is 0 Å². The summed E-state index contributed by atoms with van der Waals surface area (Å²) in [5, 5.41) is 0. The molecule has 0 saturated carbocycles. The molecule has 2 heterocycles. The van der Waals surface area contributed by atoms with Gasteiger partial charge in [-0.3, -0.25) is 4.99 Å². The van der Waals surface area contributed by atoms with Gasteiger partial charge in [0.1, 0.15) is 9.23 Å². The molecule has 0 N–H and O–H groups in total. The molecule has 0 bridgehead atoms. The predicted molar refractivity (Wildman–Crippen MR) is 52.4 cm³/mol. The summed E-state index contributed by atoms with van der Waals surface area (Å²) in [6.07, 6.45) is 1.94. The van der Waals surface area contributed by atoms with E-state index in [0.29, 0.717) is 0 Å². The molecule has 0 radical (unpaired) electrons. The summed E-state index contributed by atoms with van der Waals surface area (Å²) in [5.41, 5.74) is 0. The summed E-state index contributed by atoms with van der Waals surface area (Å²) in [4.78, 5) is 10.5. The number of aliphatic imine (C=N–C) groups is 2. The standard InChI is InChI=1S/C6H5Br2N3/c7-4-3-11-2-1-9-6(11)5(8)10-4/h3H,1-2H2. The lowest BCUT2D eigenvalue weighted by Crippen LogP contribution is -2.28. The van der Waals surface area contributed by atoms with Gasteiger partial charge in [0.15, 0.2) is 5.84 Å². The highest BCUT2D eigenvalue weighted by atomic mass is 79.9. The molecule has 5 heteroatoms. The maximum Gasteiger partial charge on any atom is 0.161 e. The van der Waals surface area contributed by atoms with Crippen molar-refractivity contribution in [3.05, 3.63) is 10.8 Å². The molecular formula is C6H5Br2N3. The predicted octanol–water partition coefficient (Wildman–Crippen LogP) is 1.70. The Kier molecular flexibility index (Phi) is 1.85. The molecule has 11 heavy (non-hydrogen) atoms. The van der Waals surface area contributed by atoms with Crippen molar-refractivity contribution in [3.8, 4) is 0 Å². The largest absolute Gasteiger partial charge is 0.326 e. The Labute approximate surface area is 81.1 Å². The third-order valence-corrected chi connectivity index (χ3v) is 2.44. The average molecular weight is 279 g/mol. The Morgan fingerprint density at radius 3 is 3.09 bits per heavy atom. The van der Waals surface area contributed by atoms with Gasteiger partial charge < -0.3 is 4.90 Å². The van der Waals surface area contributed by atoms with Crippen molar-refractivity contribution in [1.82, 2.24) is 4.90 Å². The molecule has 0 atom stereocenters. The second-order valence-electron chi connectivity index (χ2n) is 2.25. The number of nitrogens with zero attached hydrogens (tertiary/aromatic N) is 3. The van der Waals surface area contributed by atoms with Crippen molar-refractivity contribution in [1.29, 1.82) is 0 Å². The van der Waals surface area contributed by atoms with Crippen LogP contribution in [0.25, 0.3) is 0 Å². The lowest BCUT2D eigenvalue weighted by atomic mass is 10.5. The highest BCUT2D eigenvalue weighted by Crippen LogP contribution is 2.20. The summed E-state index contributed by atoms with van der Waals surface area (Å²) >= 11 is 6.65. The lowest BCUT2D eigenvalue weighted by Gasteiger charge is -2.17. The summed E-state index contributed by atoms with van der Waals surface area (Å²) < 4.78 is 1.65. The van der Waals surface area contributed by atoms with Crippen LogP contribution >= 0.6 is 31.9 Å². The van der Waals surface area contributed by atoms with Gasteiger partial charge in [0.05, 0.1) is 6.54 Å². The van der Waals surface area contributed by atoms with Crippen LogP contribution in [0.15, 0.2) is 20.8 Å². The van der Waals surface area contributed by atoms with Crippen molar-refractivity contribution in [2.75, 3.05) is 13.1 Å². The molecule has 2 aliphatic rings. The molecule has 0 aromatic heterocycles. The van der Waals surface area contributed by atoms with Gasteiger partial charge in [-0.2, -0.15) is 0 Å². The van der Waals surface area contributed by atoms with E-state index >= 15 is 0 Å². The summed E-state index contributed by atoms with van der Waals surface area (Å²) in [6, 6.07) is 0. The van der Waals surface area contributed by atoms with Crippen LogP contribution < -0.4 is 0 Å². The number of fused-ring (bicyclic) bond motifs is 1.